The van der Waals surface area contributed by atoms with Gasteiger partial charge in [0.1, 0.15) is 11.4 Å². The molecule has 1 rings (SSSR count). The van der Waals surface area contributed by atoms with E-state index in [1.165, 1.54) is 0 Å². The highest BCUT2D eigenvalue weighted by atomic mass is 28.4. The number of halogens is 2. The van der Waals surface area contributed by atoms with Crippen LogP contribution in [0.3, 0.4) is 0 Å². The topological polar surface area (TPSA) is 46.5 Å². The normalized spacial score (nSPS) is 12.4. The van der Waals surface area contributed by atoms with Crippen LogP contribution in [0.1, 0.15) is 31.1 Å². The molecule has 1 aromatic rings. The lowest BCUT2D eigenvalue weighted by Crippen LogP contribution is -2.44. The van der Waals surface area contributed by atoms with Crippen molar-refractivity contribution < 1.29 is 23.1 Å². The predicted molar refractivity (Wildman–Crippen MR) is 71.1 cm³/mol. The minimum atomic E-state index is -2.45. The van der Waals surface area contributed by atoms with Gasteiger partial charge in [-0.3, -0.25) is 0 Å². The van der Waals surface area contributed by atoms with E-state index in [9.17, 15) is 13.6 Å². The Morgan fingerprint density at radius 3 is 2.11 bits per heavy atom. The first-order valence-corrected chi connectivity index (χ1v) is 8.78. The van der Waals surface area contributed by atoms with E-state index >= 15 is 0 Å². The van der Waals surface area contributed by atoms with Crippen molar-refractivity contribution in [1.82, 2.24) is 0 Å². The molecule has 3 nitrogen and oxygen atoms in total. The summed E-state index contributed by atoms with van der Waals surface area (Å²) in [5, 5.41) is 8.75. The summed E-state index contributed by atoms with van der Waals surface area (Å²) >= 11 is 0. The minimum absolute atomic E-state index is 0.248. The Hall–Kier alpha value is -1.43. The molecule has 0 fully saturated rings. The van der Waals surface area contributed by atoms with E-state index in [1.807, 2.05) is 33.9 Å². The Bertz CT molecular complexity index is 507. The van der Waals surface area contributed by atoms with E-state index in [4.69, 9.17) is 9.53 Å². The number of carbonyl (C=O) groups is 1. The Labute approximate surface area is 112 Å². The molecule has 0 saturated heterocycles. The zero-order valence-electron chi connectivity index (χ0n) is 11.7. The monoisotopic (exact) mass is 288 g/mol. The molecular formula is C13H18F2O3Si. The third-order valence-corrected chi connectivity index (χ3v) is 7.76. The molecule has 0 aliphatic rings. The van der Waals surface area contributed by atoms with Crippen LogP contribution in [0.15, 0.2) is 12.1 Å². The van der Waals surface area contributed by atoms with Crippen LogP contribution in [0.4, 0.5) is 8.78 Å². The molecule has 19 heavy (non-hydrogen) atoms. The fourth-order valence-corrected chi connectivity index (χ4v) is 2.26. The molecule has 0 aromatic heterocycles. The number of hydrogen-bond donors (Lipinski definition) is 1. The maximum atomic E-state index is 13.8. The van der Waals surface area contributed by atoms with Crippen molar-refractivity contribution in [3.05, 3.63) is 29.3 Å². The second kappa shape index (κ2) is 4.92. The molecule has 0 heterocycles. The third kappa shape index (κ3) is 3.12. The summed E-state index contributed by atoms with van der Waals surface area (Å²) in [4.78, 5) is 11.1. The Balaban J connectivity index is 3.36. The largest absolute Gasteiger partial charge is 0.541 e. The first-order valence-electron chi connectivity index (χ1n) is 5.87. The summed E-state index contributed by atoms with van der Waals surface area (Å²) in [6.07, 6.45) is 0. The number of carboxylic acids is 1. The first kappa shape index (κ1) is 15.6. The molecule has 0 atom stereocenters. The van der Waals surface area contributed by atoms with Crippen LogP contribution in [0.25, 0.3) is 0 Å². The van der Waals surface area contributed by atoms with Gasteiger partial charge in [-0.2, -0.15) is 0 Å². The summed E-state index contributed by atoms with van der Waals surface area (Å²) in [7, 11) is -2.45. The van der Waals surface area contributed by atoms with Gasteiger partial charge >= 0.3 is 5.97 Å². The average molecular weight is 288 g/mol. The summed E-state index contributed by atoms with van der Waals surface area (Å²) in [6.45, 7) is 9.45. The van der Waals surface area contributed by atoms with E-state index in [2.05, 4.69) is 0 Å². The van der Waals surface area contributed by atoms with Crippen LogP contribution >= 0.6 is 0 Å². The van der Waals surface area contributed by atoms with Crippen molar-refractivity contribution >= 4 is 14.3 Å². The molecule has 0 unspecified atom stereocenters. The van der Waals surface area contributed by atoms with Gasteiger partial charge in [0.25, 0.3) is 8.32 Å². The van der Waals surface area contributed by atoms with E-state index in [-0.39, 0.29) is 5.04 Å². The Kier molecular flexibility index (Phi) is 4.05. The van der Waals surface area contributed by atoms with Crippen LogP contribution in [0.5, 0.6) is 5.75 Å². The fourth-order valence-electron chi connectivity index (χ4n) is 1.24. The minimum Gasteiger partial charge on any atom is -0.541 e. The van der Waals surface area contributed by atoms with Gasteiger partial charge in [0.2, 0.25) is 0 Å². The number of benzene rings is 1. The molecule has 0 radical (unpaired) electrons. The molecule has 106 valence electrons. The molecule has 0 spiro atoms. The van der Waals surface area contributed by atoms with Crippen molar-refractivity contribution in [3.8, 4) is 5.75 Å². The van der Waals surface area contributed by atoms with Gasteiger partial charge in [-0.05, 0) is 30.3 Å². The van der Waals surface area contributed by atoms with Gasteiger partial charge < -0.3 is 9.53 Å². The lowest BCUT2D eigenvalue weighted by atomic mass is 10.2. The molecule has 0 aliphatic heterocycles. The predicted octanol–water partition coefficient (Wildman–Crippen LogP) is 4.05. The van der Waals surface area contributed by atoms with E-state index in [1.54, 1.807) is 0 Å². The lowest BCUT2D eigenvalue weighted by molar-refractivity contribution is 0.0688. The zero-order valence-corrected chi connectivity index (χ0v) is 12.7. The summed E-state index contributed by atoms with van der Waals surface area (Å²) < 4.78 is 32.9. The molecule has 0 aliphatic carbocycles. The molecular weight excluding hydrogens is 270 g/mol. The van der Waals surface area contributed by atoms with Crippen LogP contribution in [-0.4, -0.2) is 19.4 Å². The smallest absolute Gasteiger partial charge is 0.342 e. The molecule has 0 bridgehead atoms. The van der Waals surface area contributed by atoms with Crippen LogP contribution in [0.2, 0.25) is 18.1 Å². The molecule has 0 amide bonds. The molecule has 6 heteroatoms. The van der Waals surface area contributed by atoms with Gasteiger partial charge in [0.05, 0.1) is 0 Å². The van der Waals surface area contributed by atoms with Gasteiger partial charge in [-0.25, -0.2) is 13.6 Å². The highest BCUT2D eigenvalue weighted by Gasteiger charge is 2.40. The Morgan fingerprint density at radius 2 is 1.68 bits per heavy atom. The number of carboxylic acid groups (broad SMARTS) is 1. The van der Waals surface area contributed by atoms with Gasteiger partial charge in [-0.15, -0.1) is 0 Å². The zero-order chi connectivity index (χ0) is 15.0. The standard InChI is InChI=1S/C13H18F2O3Si/c1-13(2,3)19(4,5)18-11-9(15)7-6-8(14)10(11)12(16)17/h6-7H,1-5H3,(H,16,17). The van der Waals surface area contributed by atoms with Crippen molar-refractivity contribution in [2.75, 3.05) is 0 Å². The second-order valence-corrected chi connectivity index (χ2v) is 10.6. The highest BCUT2D eigenvalue weighted by molar-refractivity contribution is 6.74. The quantitative estimate of drug-likeness (QED) is 0.854. The number of rotatable bonds is 3. The average Bonchev–Trinajstić information content (AvgIpc) is 2.21. The third-order valence-electron chi connectivity index (χ3n) is 3.44. The van der Waals surface area contributed by atoms with Crippen molar-refractivity contribution in [3.63, 3.8) is 0 Å². The summed E-state index contributed by atoms with van der Waals surface area (Å²) in [6, 6.07) is 1.67. The summed E-state index contributed by atoms with van der Waals surface area (Å²) in [5.41, 5.74) is -0.746. The van der Waals surface area contributed by atoms with Gasteiger partial charge in [0, 0.05) is 0 Å². The second-order valence-electron chi connectivity index (χ2n) is 5.90. The van der Waals surface area contributed by atoms with Crippen LogP contribution < -0.4 is 4.43 Å². The number of aromatic carboxylic acids is 1. The highest BCUT2D eigenvalue weighted by Crippen LogP contribution is 2.39. The number of hydrogen-bond acceptors (Lipinski definition) is 2. The van der Waals surface area contributed by atoms with E-state index in [0.29, 0.717) is 0 Å². The maximum absolute atomic E-state index is 13.8. The lowest BCUT2D eigenvalue weighted by Gasteiger charge is -2.36. The van der Waals surface area contributed by atoms with E-state index in [0.717, 1.165) is 12.1 Å². The molecule has 1 aromatic carbocycles. The van der Waals surface area contributed by atoms with Crippen LogP contribution in [0, 0.1) is 11.6 Å². The van der Waals surface area contributed by atoms with Gasteiger partial charge in [-0.1, -0.05) is 20.8 Å². The SMILES string of the molecule is CC(C)(C)[Si](C)(C)Oc1c(F)ccc(F)c1C(=O)O. The van der Waals surface area contributed by atoms with Crippen molar-refractivity contribution in [1.29, 1.82) is 0 Å². The van der Waals surface area contributed by atoms with Crippen molar-refractivity contribution in [2.24, 2.45) is 0 Å². The van der Waals surface area contributed by atoms with E-state index < -0.39 is 37.2 Å². The first-order chi connectivity index (χ1) is 8.47. The summed E-state index contributed by atoms with van der Waals surface area (Å²) in [5.74, 6) is -3.89. The van der Waals surface area contributed by atoms with Gasteiger partial charge in [0.15, 0.2) is 11.6 Å². The molecule has 1 N–H and O–H groups in total. The van der Waals surface area contributed by atoms with Crippen molar-refractivity contribution in [2.45, 2.75) is 38.9 Å². The van der Waals surface area contributed by atoms with Crippen LogP contribution in [-0.2, 0) is 0 Å². The molecule has 0 saturated carbocycles. The Morgan fingerprint density at radius 1 is 1.21 bits per heavy atom. The maximum Gasteiger partial charge on any atom is 0.342 e. The fraction of sp³-hybridized carbons (Fsp3) is 0.462.